The van der Waals surface area contributed by atoms with E-state index < -0.39 is 0 Å². The number of anilines is 1. The van der Waals surface area contributed by atoms with Crippen LogP contribution in [-0.2, 0) is 12.8 Å². The van der Waals surface area contributed by atoms with Crippen LogP contribution in [0.3, 0.4) is 0 Å². The second-order valence-corrected chi connectivity index (χ2v) is 21.7. The van der Waals surface area contributed by atoms with E-state index >= 15 is 0 Å². The van der Waals surface area contributed by atoms with E-state index in [2.05, 4.69) is 160 Å². The molecule has 0 unspecified atom stereocenters. The second kappa shape index (κ2) is 33.4. The third-order valence-electron chi connectivity index (χ3n) is 11.3. The summed E-state index contributed by atoms with van der Waals surface area (Å²) in [7, 11) is 12.5. The predicted molar refractivity (Wildman–Crippen MR) is 332 cm³/mol. The Kier molecular flexibility index (Phi) is 27.6. The smallest absolute Gasteiger partial charge is 0.129 e. The molecule has 0 saturated heterocycles. The van der Waals surface area contributed by atoms with Gasteiger partial charge in [-0.05, 0) is 221 Å². The Morgan fingerprint density at radius 1 is 0.526 bits per heavy atom. The van der Waals surface area contributed by atoms with Gasteiger partial charge in [0.25, 0.3) is 0 Å². The van der Waals surface area contributed by atoms with Gasteiger partial charge in [-0.1, -0.05) is 77.6 Å². The van der Waals surface area contributed by atoms with Crippen LogP contribution < -0.4 is 22.9 Å². The summed E-state index contributed by atoms with van der Waals surface area (Å²) in [4.78, 5) is 19.7. The molecule has 0 radical (unpaired) electrons. The summed E-state index contributed by atoms with van der Waals surface area (Å²) in [5.41, 5.74) is 27.1. The van der Waals surface area contributed by atoms with Gasteiger partial charge < -0.3 is 37.6 Å². The molecule has 10 N–H and O–H groups in total. The summed E-state index contributed by atoms with van der Waals surface area (Å²) < 4.78 is 3.18. The minimum absolute atomic E-state index is 0.0385. The van der Waals surface area contributed by atoms with Crippen LogP contribution in [0.25, 0.3) is 32.3 Å². The molecule has 0 atom stereocenters. The van der Waals surface area contributed by atoms with Crippen molar-refractivity contribution >= 4 is 120 Å². The number of fused-ring (bicyclic) bond motifs is 3. The SMILES string of the molecule is CN(C)CCCCc1cc2cc(Br)ccc2cn1.CN(C)CCCCc1ncc2ccc(Br)cc2c1N=Nc1ccc(C(=N)N)cc1.CN(C)CCCN.Clc1cc2cc(Br)ccc2cn1.N=C(N)c1ccc(N)cc1. The van der Waals surface area contributed by atoms with Crippen LogP contribution in [0.2, 0.25) is 5.15 Å². The van der Waals surface area contributed by atoms with Crippen molar-refractivity contribution in [2.24, 2.45) is 27.4 Å². The van der Waals surface area contributed by atoms with Gasteiger partial charge in [0.2, 0.25) is 0 Å². The lowest BCUT2D eigenvalue weighted by molar-refractivity contribution is 0.394. The van der Waals surface area contributed by atoms with E-state index in [0.717, 1.165) is 105 Å². The number of pyridine rings is 3. The number of nitrogens with two attached hydrogens (primary N) is 4. The number of amidine groups is 2. The normalized spacial score (nSPS) is 10.9. The lowest BCUT2D eigenvalue weighted by Crippen LogP contribution is -2.16. The molecule has 0 spiro atoms. The average molecular weight is 1240 g/mol. The van der Waals surface area contributed by atoms with Crippen LogP contribution >= 0.6 is 59.4 Å². The number of halogens is 4. The van der Waals surface area contributed by atoms with E-state index in [0.29, 0.717) is 27.7 Å². The second-order valence-electron chi connectivity index (χ2n) is 18.6. The maximum atomic E-state index is 7.50. The number of azo groups is 1. The summed E-state index contributed by atoms with van der Waals surface area (Å²) in [6.07, 6.45) is 13.2. The van der Waals surface area contributed by atoms with Crippen molar-refractivity contribution in [2.45, 2.75) is 44.9 Å². The first-order valence-electron chi connectivity index (χ1n) is 24.8. The number of aryl methyl sites for hydroxylation is 2. The van der Waals surface area contributed by atoms with Crippen LogP contribution in [0.1, 0.15) is 54.6 Å². The number of benzene rings is 5. The molecule has 18 heteroatoms. The highest BCUT2D eigenvalue weighted by Crippen LogP contribution is 2.33. The molecular formula is C58H72Br3ClN14. The molecule has 0 aliphatic carbocycles. The monoisotopic (exact) mass is 1240 g/mol. The summed E-state index contributed by atoms with van der Waals surface area (Å²) in [6, 6.07) is 36.5. The molecule has 8 rings (SSSR count). The Morgan fingerprint density at radius 2 is 1.00 bits per heavy atom. The molecule has 14 nitrogen and oxygen atoms in total. The van der Waals surface area contributed by atoms with Crippen molar-refractivity contribution in [2.75, 3.05) is 74.2 Å². The maximum absolute atomic E-state index is 7.50. The third kappa shape index (κ3) is 23.2. The zero-order valence-corrected chi connectivity index (χ0v) is 49.9. The number of nitrogens with zero attached hydrogens (tertiary/aromatic N) is 8. The van der Waals surface area contributed by atoms with Crippen molar-refractivity contribution in [3.63, 3.8) is 0 Å². The van der Waals surface area contributed by atoms with Crippen LogP contribution in [0.5, 0.6) is 0 Å². The highest BCUT2D eigenvalue weighted by atomic mass is 79.9. The van der Waals surface area contributed by atoms with E-state index in [1.807, 2.05) is 60.9 Å². The summed E-state index contributed by atoms with van der Waals surface area (Å²) in [6.45, 7) is 4.12. The lowest BCUT2D eigenvalue weighted by Gasteiger charge is -2.11. The van der Waals surface area contributed by atoms with E-state index in [9.17, 15) is 0 Å². The maximum Gasteiger partial charge on any atom is 0.129 e. The molecule has 3 aromatic heterocycles. The van der Waals surface area contributed by atoms with Crippen molar-refractivity contribution in [3.8, 4) is 0 Å². The van der Waals surface area contributed by atoms with Crippen LogP contribution in [-0.4, -0.2) is 110 Å². The minimum Gasteiger partial charge on any atom is -0.399 e. The highest BCUT2D eigenvalue weighted by Gasteiger charge is 2.11. The fraction of sp³-hybridized carbons (Fsp3) is 0.293. The summed E-state index contributed by atoms with van der Waals surface area (Å²) >= 11 is 16.2. The molecule has 0 bridgehead atoms. The minimum atomic E-state index is 0.0385. The largest absolute Gasteiger partial charge is 0.399 e. The Morgan fingerprint density at radius 3 is 1.53 bits per heavy atom. The van der Waals surface area contributed by atoms with E-state index in [1.165, 1.54) is 29.3 Å². The Labute approximate surface area is 479 Å². The Balaban J connectivity index is 0.000000226. The van der Waals surface area contributed by atoms with Gasteiger partial charge in [-0.25, -0.2) is 4.98 Å². The van der Waals surface area contributed by atoms with Gasteiger partial charge in [-0.15, -0.1) is 5.11 Å². The lowest BCUT2D eigenvalue weighted by atomic mass is 10.1. The van der Waals surface area contributed by atoms with Crippen molar-refractivity contribution in [3.05, 3.63) is 175 Å². The summed E-state index contributed by atoms with van der Waals surface area (Å²) in [5, 5.41) is 30.8. The molecule has 0 aliphatic heterocycles. The molecule has 0 saturated carbocycles. The van der Waals surface area contributed by atoms with Gasteiger partial charge >= 0.3 is 0 Å². The molecule has 3 heterocycles. The standard InChI is InChI=1S/C22H25BrN6.C15H19BrN2.C9H5BrClN.C7H9N3.C5H14N2/c1-29(2)12-4-3-5-20-21(19-13-17(23)9-6-16(19)14-26-20)28-27-18-10-7-15(8-11-18)22(24)25;1-18(2)8-4-3-5-15-10-13-9-14(16)7-6-12(13)11-17-15;10-8-2-1-6-5-12-9(11)4-7(6)3-8;8-6-3-1-5(2-4-6)7(9)10;1-7(2)5-3-4-6/h6-11,13-14H,3-5,12H2,1-2H3,(H3,24,25);6-7,9-11H,3-5,8H2,1-2H3;1-5H;1-4H,8H2,(H3,9,10);3-6H2,1-2H3. The van der Waals surface area contributed by atoms with E-state index in [1.54, 1.807) is 42.6 Å². The molecule has 5 aromatic carbocycles. The van der Waals surface area contributed by atoms with E-state index in [-0.39, 0.29) is 11.7 Å². The third-order valence-corrected chi connectivity index (χ3v) is 13.0. The van der Waals surface area contributed by atoms with Gasteiger partial charge in [0.05, 0.1) is 11.4 Å². The highest BCUT2D eigenvalue weighted by molar-refractivity contribution is 9.11. The zero-order chi connectivity index (χ0) is 55.6. The number of hydrogen-bond donors (Lipinski definition) is 6. The molecule has 0 aliphatic rings. The quantitative estimate of drug-likeness (QED) is 0.0126. The number of aromatic nitrogens is 3. The molecule has 0 fully saturated rings. The first kappa shape index (κ1) is 62.8. The molecule has 402 valence electrons. The Bertz CT molecular complexity index is 3060. The predicted octanol–water partition coefficient (Wildman–Crippen LogP) is 13.6. The number of unbranched alkanes of at least 4 members (excludes halogenated alkanes) is 2. The van der Waals surface area contributed by atoms with Crippen molar-refractivity contribution in [1.82, 2.24) is 29.7 Å². The van der Waals surface area contributed by atoms with Crippen molar-refractivity contribution < 1.29 is 0 Å². The van der Waals surface area contributed by atoms with Gasteiger partial charge in [0.1, 0.15) is 22.5 Å². The topological polar surface area (TPSA) is 225 Å². The fourth-order valence-electron chi connectivity index (χ4n) is 7.22. The fourth-order valence-corrected chi connectivity index (χ4v) is 8.51. The van der Waals surface area contributed by atoms with Crippen LogP contribution in [0.15, 0.2) is 157 Å². The number of nitrogens with one attached hydrogen (secondary N) is 2. The zero-order valence-electron chi connectivity index (χ0n) is 44.4. The summed E-state index contributed by atoms with van der Waals surface area (Å²) in [5.74, 6) is 0.108. The number of nitrogen functional groups attached to an aromatic ring is 3. The van der Waals surface area contributed by atoms with Crippen LogP contribution in [0, 0.1) is 10.8 Å². The van der Waals surface area contributed by atoms with Gasteiger partial charge in [0, 0.05) is 76.1 Å². The molecular weight excluding hydrogens is 1170 g/mol. The molecule has 0 amide bonds. The van der Waals surface area contributed by atoms with Crippen molar-refractivity contribution in [1.29, 1.82) is 10.8 Å². The average Bonchev–Trinajstić information content (AvgIpc) is 3.38. The number of hydrogen-bond acceptors (Lipinski definition) is 12. The van der Waals surface area contributed by atoms with E-state index in [4.69, 9.17) is 45.4 Å². The van der Waals surface area contributed by atoms with Gasteiger partial charge in [0.15, 0.2) is 0 Å². The van der Waals surface area contributed by atoms with Crippen LogP contribution in [0.4, 0.5) is 17.1 Å². The first-order chi connectivity index (χ1) is 36.3. The number of rotatable bonds is 17. The first-order valence-corrected chi connectivity index (χ1v) is 27.6. The Hall–Kier alpha value is -5.76. The molecule has 8 aromatic rings. The molecule has 76 heavy (non-hydrogen) atoms. The van der Waals surface area contributed by atoms with Gasteiger partial charge in [-0.2, -0.15) is 5.11 Å². The van der Waals surface area contributed by atoms with Gasteiger partial charge in [-0.3, -0.25) is 20.8 Å².